The number of nitrogens with one attached hydrogen (secondary N) is 1. The molecule has 2 amide bonds. The zero-order valence-electron chi connectivity index (χ0n) is 11.2. The molecule has 0 aliphatic heterocycles. The van der Waals surface area contributed by atoms with E-state index in [1.165, 1.54) is 0 Å². The second-order valence-electron chi connectivity index (χ2n) is 3.35. The van der Waals surface area contributed by atoms with Gasteiger partial charge in [0.15, 0.2) is 0 Å². The number of primary amides is 1. The highest BCUT2D eigenvalue weighted by Gasteiger charge is 2.40. The molecule has 7 nitrogen and oxygen atoms in total. The van der Waals surface area contributed by atoms with E-state index in [-0.39, 0.29) is 6.54 Å². The maximum Gasteiger partial charge on any atom is 0.502 e. The summed E-state index contributed by atoms with van der Waals surface area (Å²) in [7, 11) is -2.76. The lowest BCUT2D eigenvalue weighted by Gasteiger charge is -2.28. The van der Waals surface area contributed by atoms with Gasteiger partial charge in [0, 0.05) is 32.4 Å². The van der Waals surface area contributed by atoms with E-state index in [9.17, 15) is 9.59 Å². The smallest absolute Gasteiger partial charge is 0.374 e. The van der Waals surface area contributed by atoms with Crippen molar-refractivity contribution in [1.29, 1.82) is 0 Å². The Kier molecular flexibility index (Phi) is 8.55. The Morgan fingerprint density at radius 1 is 1.06 bits per heavy atom. The van der Waals surface area contributed by atoms with Gasteiger partial charge in [0.25, 0.3) is 0 Å². The summed E-state index contributed by atoms with van der Waals surface area (Å²) in [5, 5.41) is 2.39. The molecule has 18 heavy (non-hydrogen) atoms. The van der Waals surface area contributed by atoms with Crippen LogP contribution in [0.5, 0.6) is 0 Å². The van der Waals surface area contributed by atoms with E-state index in [4.69, 9.17) is 19.0 Å². The summed E-state index contributed by atoms with van der Waals surface area (Å²) in [6.07, 6.45) is 0. The summed E-state index contributed by atoms with van der Waals surface area (Å²) in [5.41, 5.74) is 4.83. The van der Waals surface area contributed by atoms with E-state index in [2.05, 4.69) is 5.32 Å². The van der Waals surface area contributed by atoms with E-state index in [0.29, 0.717) is 25.9 Å². The maximum absolute atomic E-state index is 11.0. The average molecular weight is 278 g/mol. The van der Waals surface area contributed by atoms with Crippen molar-refractivity contribution in [3.63, 3.8) is 0 Å². The van der Waals surface area contributed by atoms with E-state index >= 15 is 0 Å². The Bertz CT molecular complexity index is 258. The second kappa shape index (κ2) is 9.03. The number of amides is 2. The fraction of sp³-hybridized carbons (Fsp3) is 0.800. The highest BCUT2D eigenvalue weighted by atomic mass is 28.4. The van der Waals surface area contributed by atoms with Gasteiger partial charge in [0.2, 0.25) is 0 Å². The van der Waals surface area contributed by atoms with Crippen LogP contribution in [0.25, 0.3) is 0 Å². The van der Waals surface area contributed by atoms with E-state index in [0.717, 1.165) is 0 Å². The van der Waals surface area contributed by atoms with Crippen molar-refractivity contribution in [3.05, 3.63) is 0 Å². The van der Waals surface area contributed by atoms with Crippen molar-refractivity contribution in [1.82, 2.24) is 5.32 Å². The minimum absolute atomic E-state index is 0.230. The van der Waals surface area contributed by atoms with E-state index in [1.54, 1.807) is 0 Å². The van der Waals surface area contributed by atoms with Crippen molar-refractivity contribution < 1.29 is 22.9 Å². The number of hydrogen-bond acceptors (Lipinski definition) is 5. The number of rotatable bonds is 9. The van der Waals surface area contributed by atoms with Gasteiger partial charge in [0.1, 0.15) is 0 Å². The molecule has 0 spiro atoms. The molecule has 0 aliphatic rings. The number of hydrogen-bond donors (Lipinski definition) is 2. The predicted octanol–water partition coefficient (Wildman–Crippen LogP) is -0.364. The summed E-state index contributed by atoms with van der Waals surface area (Å²) < 4.78 is 16.7. The Morgan fingerprint density at radius 3 is 1.83 bits per heavy atom. The monoisotopic (exact) mass is 278 g/mol. The molecule has 0 saturated heterocycles. The molecular weight excluding hydrogens is 256 g/mol. The quantitative estimate of drug-likeness (QED) is 0.443. The molecule has 0 aromatic carbocycles. The van der Waals surface area contributed by atoms with Crippen LogP contribution in [0.2, 0.25) is 6.04 Å². The highest BCUT2D eigenvalue weighted by Crippen LogP contribution is 2.15. The first-order chi connectivity index (χ1) is 8.51. The molecule has 0 atom stereocenters. The highest BCUT2D eigenvalue weighted by molar-refractivity contribution is 6.60. The van der Waals surface area contributed by atoms with Crippen LogP contribution in [0.4, 0.5) is 0 Å². The van der Waals surface area contributed by atoms with Crippen LogP contribution in [0.3, 0.4) is 0 Å². The maximum atomic E-state index is 11.0. The minimum Gasteiger partial charge on any atom is -0.374 e. The molecule has 106 valence electrons. The van der Waals surface area contributed by atoms with Crippen LogP contribution >= 0.6 is 0 Å². The summed E-state index contributed by atoms with van der Waals surface area (Å²) in [5.74, 6) is -1.83. The lowest BCUT2D eigenvalue weighted by molar-refractivity contribution is -0.137. The zero-order chi connectivity index (χ0) is 14.0. The van der Waals surface area contributed by atoms with Gasteiger partial charge < -0.3 is 24.3 Å². The minimum atomic E-state index is -2.76. The first-order valence-electron chi connectivity index (χ1n) is 6.00. The molecule has 0 unspecified atom stereocenters. The summed E-state index contributed by atoms with van der Waals surface area (Å²) >= 11 is 0. The van der Waals surface area contributed by atoms with Crippen molar-refractivity contribution in [3.8, 4) is 0 Å². The van der Waals surface area contributed by atoms with Crippen molar-refractivity contribution in [2.45, 2.75) is 26.8 Å². The Hall–Kier alpha value is -0.963. The van der Waals surface area contributed by atoms with Crippen LogP contribution in [0.15, 0.2) is 0 Å². The van der Waals surface area contributed by atoms with Crippen LogP contribution in [-0.2, 0) is 22.9 Å². The van der Waals surface area contributed by atoms with Gasteiger partial charge >= 0.3 is 20.6 Å². The van der Waals surface area contributed by atoms with Gasteiger partial charge in [-0.15, -0.1) is 0 Å². The van der Waals surface area contributed by atoms with E-state index in [1.807, 2.05) is 20.8 Å². The number of nitrogens with two attached hydrogens (primary N) is 1. The van der Waals surface area contributed by atoms with Gasteiger partial charge in [-0.3, -0.25) is 9.59 Å². The topological polar surface area (TPSA) is 99.9 Å². The Morgan fingerprint density at radius 2 is 1.50 bits per heavy atom. The number of carbonyl (C=O) groups is 2. The summed E-state index contributed by atoms with van der Waals surface area (Å²) in [4.78, 5) is 21.6. The van der Waals surface area contributed by atoms with Crippen molar-refractivity contribution in [2.75, 3.05) is 26.4 Å². The fourth-order valence-corrected chi connectivity index (χ4v) is 3.85. The van der Waals surface area contributed by atoms with Crippen LogP contribution in [0, 0.1) is 0 Å². The standard InChI is InChI=1S/C10H22N2O5Si/c1-4-15-18(16-5-2,17-6-3)8-7-12-10(14)9(11)13/h4-8H2,1-3H3,(H2,11,13)(H,12,14). The summed E-state index contributed by atoms with van der Waals surface area (Å²) in [6.45, 7) is 7.18. The first-order valence-corrected chi connectivity index (χ1v) is 7.94. The van der Waals surface area contributed by atoms with Gasteiger partial charge in [0.05, 0.1) is 0 Å². The predicted molar refractivity (Wildman–Crippen MR) is 67.6 cm³/mol. The third kappa shape index (κ3) is 6.10. The van der Waals surface area contributed by atoms with Crippen LogP contribution in [0.1, 0.15) is 20.8 Å². The summed E-state index contributed by atoms with van der Waals surface area (Å²) in [6, 6.07) is 0.404. The fourth-order valence-electron chi connectivity index (χ4n) is 1.42. The third-order valence-electron chi connectivity index (χ3n) is 2.03. The van der Waals surface area contributed by atoms with Gasteiger partial charge in [-0.05, 0) is 20.8 Å². The van der Waals surface area contributed by atoms with Crippen molar-refractivity contribution >= 4 is 20.6 Å². The zero-order valence-corrected chi connectivity index (χ0v) is 12.2. The van der Waals surface area contributed by atoms with Gasteiger partial charge in [-0.25, -0.2) is 0 Å². The SMILES string of the molecule is CCO[Si](CCNC(=O)C(N)=O)(OCC)OCC. The molecule has 0 aliphatic carbocycles. The average Bonchev–Trinajstić information content (AvgIpc) is 2.29. The largest absolute Gasteiger partial charge is 0.502 e. The Balaban J connectivity index is 4.37. The molecule has 0 heterocycles. The first kappa shape index (κ1) is 17.0. The van der Waals surface area contributed by atoms with Gasteiger partial charge in [-0.2, -0.15) is 0 Å². The van der Waals surface area contributed by atoms with Crippen molar-refractivity contribution in [2.24, 2.45) is 5.73 Å². The lowest BCUT2D eigenvalue weighted by atomic mass is 10.5. The molecule has 0 aromatic rings. The molecule has 3 N–H and O–H groups in total. The molecule has 0 bridgehead atoms. The molecule has 0 rings (SSSR count). The number of carbonyl (C=O) groups excluding carboxylic acids is 2. The van der Waals surface area contributed by atoms with Crippen LogP contribution < -0.4 is 11.1 Å². The Labute approximate surface area is 108 Å². The van der Waals surface area contributed by atoms with Gasteiger partial charge in [-0.1, -0.05) is 0 Å². The molecule has 0 saturated carbocycles. The van der Waals surface area contributed by atoms with E-state index < -0.39 is 20.6 Å². The second-order valence-corrected chi connectivity index (χ2v) is 6.08. The molecule has 8 heteroatoms. The lowest BCUT2D eigenvalue weighted by Crippen LogP contribution is -2.49. The normalized spacial score (nSPS) is 11.3. The molecule has 0 aromatic heterocycles. The molecule has 0 radical (unpaired) electrons. The third-order valence-corrected chi connectivity index (χ3v) is 5.08. The molecule has 0 fully saturated rings. The molecular formula is C10H22N2O5Si. The van der Waals surface area contributed by atoms with Crippen LogP contribution in [-0.4, -0.2) is 47.0 Å².